The third kappa shape index (κ3) is 5.96. The van der Waals surface area contributed by atoms with Gasteiger partial charge in [0.05, 0.1) is 31.0 Å². The van der Waals surface area contributed by atoms with Gasteiger partial charge in [-0.3, -0.25) is 0 Å². The standard InChI is InChI=1S/C14H26O4/c1-5-6-11(15-2)7-12(16-3)8-13(17-4)9-14-10-18-14/h5,11-14H,1,6-10H2,2-4H3/t11-,12-,13-,14-/m0/s1. The fourth-order valence-corrected chi connectivity index (χ4v) is 2.14. The number of epoxide rings is 1. The van der Waals surface area contributed by atoms with Crippen molar-refractivity contribution < 1.29 is 18.9 Å². The number of methoxy groups -OCH3 is 3. The number of hydrogen-bond donors (Lipinski definition) is 0. The van der Waals surface area contributed by atoms with Crippen molar-refractivity contribution >= 4 is 0 Å². The maximum atomic E-state index is 5.53. The summed E-state index contributed by atoms with van der Waals surface area (Å²) in [6, 6.07) is 0. The van der Waals surface area contributed by atoms with Crippen LogP contribution >= 0.6 is 0 Å². The van der Waals surface area contributed by atoms with E-state index in [1.165, 1.54) is 0 Å². The maximum absolute atomic E-state index is 5.53. The summed E-state index contributed by atoms with van der Waals surface area (Å²) in [5.74, 6) is 0. The normalized spacial score (nSPS) is 23.4. The van der Waals surface area contributed by atoms with Gasteiger partial charge < -0.3 is 18.9 Å². The van der Waals surface area contributed by atoms with E-state index in [2.05, 4.69) is 6.58 Å². The average molecular weight is 258 g/mol. The van der Waals surface area contributed by atoms with Crippen LogP contribution in [0.5, 0.6) is 0 Å². The maximum Gasteiger partial charge on any atom is 0.0834 e. The Kier molecular flexibility index (Phi) is 7.51. The highest BCUT2D eigenvalue weighted by Crippen LogP contribution is 2.22. The predicted molar refractivity (Wildman–Crippen MR) is 70.8 cm³/mol. The first-order valence-electron chi connectivity index (χ1n) is 6.54. The predicted octanol–water partition coefficient (Wildman–Crippen LogP) is 2.18. The minimum Gasteiger partial charge on any atom is -0.381 e. The topological polar surface area (TPSA) is 40.2 Å². The largest absolute Gasteiger partial charge is 0.381 e. The van der Waals surface area contributed by atoms with E-state index >= 15 is 0 Å². The molecule has 0 aromatic heterocycles. The van der Waals surface area contributed by atoms with Gasteiger partial charge in [0.2, 0.25) is 0 Å². The molecule has 1 rings (SSSR count). The highest BCUT2D eigenvalue weighted by atomic mass is 16.6. The van der Waals surface area contributed by atoms with Crippen molar-refractivity contribution in [2.24, 2.45) is 0 Å². The van der Waals surface area contributed by atoms with Gasteiger partial charge in [0.15, 0.2) is 0 Å². The third-order valence-corrected chi connectivity index (χ3v) is 3.41. The van der Waals surface area contributed by atoms with E-state index in [0.717, 1.165) is 32.3 Å². The fraction of sp³-hybridized carbons (Fsp3) is 0.857. The molecule has 106 valence electrons. The highest BCUT2D eigenvalue weighted by Gasteiger charge is 2.28. The fourth-order valence-electron chi connectivity index (χ4n) is 2.14. The Hall–Kier alpha value is -0.420. The zero-order valence-corrected chi connectivity index (χ0v) is 11.8. The molecule has 4 nitrogen and oxygen atoms in total. The van der Waals surface area contributed by atoms with Crippen LogP contribution in [0.2, 0.25) is 0 Å². The lowest BCUT2D eigenvalue weighted by Gasteiger charge is -2.24. The zero-order chi connectivity index (χ0) is 13.4. The van der Waals surface area contributed by atoms with E-state index < -0.39 is 0 Å². The summed E-state index contributed by atoms with van der Waals surface area (Å²) in [6.07, 6.45) is 6.33. The highest BCUT2D eigenvalue weighted by molar-refractivity contribution is 4.80. The lowest BCUT2D eigenvalue weighted by atomic mass is 10.0. The smallest absolute Gasteiger partial charge is 0.0834 e. The summed E-state index contributed by atoms with van der Waals surface area (Å²) in [7, 11) is 5.22. The van der Waals surface area contributed by atoms with Gasteiger partial charge in [-0.05, 0) is 12.8 Å². The van der Waals surface area contributed by atoms with Gasteiger partial charge in [0.25, 0.3) is 0 Å². The Morgan fingerprint density at radius 3 is 2.11 bits per heavy atom. The molecule has 1 fully saturated rings. The second-order valence-corrected chi connectivity index (χ2v) is 4.76. The van der Waals surface area contributed by atoms with Crippen molar-refractivity contribution in [3.63, 3.8) is 0 Å². The van der Waals surface area contributed by atoms with E-state index in [4.69, 9.17) is 18.9 Å². The Morgan fingerprint density at radius 1 is 1.11 bits per heavy atom. The Morgan fingerprint density at radius 2 is 1.67 bits per heavy atom. The SMILES string of the molecule is C=CC[C@@H](C[C@@H](C[C@@H](C[C@H]1CO1)OC)OC)OC. The average Bonchev–Trinajstić information content (AvgIpc) is 3.19. The molecule has 0 radical (unpaired) electrons. The molecule has 4 heteroatoms. The molecule has 1 saturated heterocycles. The summed E-state index contributed by atoms with van der Waals surface area (Å²) in [6.45, 7) is 4.61. The Labute approximate surface area is 110 Å². The van der Waals surface area contributed by atoms with E-state index in [-0.39, 0.29) is 18.3 Å². The van der Waals surface area contributed by atoms with E-state index in [9.17, 15) is 0 Å². The van der Waals surface area contributed by atoms with Crippen LogP contribution in [-0.2, 0) is 18.9 Å². The van der Waals surface area contributed by atoms with Gasteiger partial charge >= 0.3 is 0 Å². The molecule has 1 heterocycles. The first-order valence-corrected chi connectivity index (χ1v) is 6.54. The van der Waals surface area contributed by atoms with Crippen molar-refractivity contribution in [1.82, 2.24) is 0 Å². The number of rotatable bonds is 11. The van der Waals surface area contributed by atoms with Crippen LogP contribution in [0.15, 0.2) is 12.7 Å². The van der Waals surface area contributed by atoms with Crippen LogP contribution in [0.4, 0.5) is 0 Å². The van der Waals surface area contributed by atoms with E-state index in [1.807, 2.05) is 6.08 Å². The van der Waals surface area contributed by atoms with Gasteiger partial charge in [0, 0.05) is 34.2 Å². The molecule has 1 aliphatic rings. The van der Waals surface area contributed by atoms with Crippen LogP contribution in [0.3, 0.4) is 0 Å². The molecule has 0 spiro atoms. The van der Waals surface area contributed by atoms with Crippen LogP contribution in [-0.4, -0.2) is 52.4 Å². The van der Waals surface area contributed by atoms with E-state index in [0.29, 0.717) is 6.10 Å². The summed E-state index contributed by atoms with van der Waals surface area (Å²) in [5, 5.41) is 0. The molecule has 0 aliphatic carbocycles. The van der Waals surface area contributed by atoms with Crippen LogP contribution in [0.25, 0.3) is 0 Å². The molecular formula is C14H26O4. The number of hydrogen-bond acceptors (Lipinski definition) is 4. The van der Waals surface area contributed by atoms with Crippen molar-refractivity contribution in [2.75, 3.05) is 27.9 Å². The van der Waals surface area contributed by atoms with Crippen molar-refractivity contribution in [3.8, 4) is 0 Å². The van der Waals surface area contributed by atoms with Gasteiger partial charge in [-0.25, -0.2) is 0 Å². The summed E-state index contributed by atoms with van der Waals surface area (Å²) in [4.78, 5) is 0. The molecular weight excluding hydrogens is 232 g/mol. The summed E-state index contributed by atoms with van der Waals surface area (Å²) in [5.41, 5.74) is 0. The first-order chi connectivity index (χ1) is 8.73. The Balaban J connectivity index is 2.34. The zero-order valence-electron chi connectivity index (χ0n) is 11.8. The molecule has 0 aromatic carbocycles. The molecule has 0 amide bonds. The lowest BCUT2D eigenvalue weighted by molar-refractivity contribution is -0.0155. The summed E-state index contributed by atoms with van der Waals surface area (Å²) >= 11 is 0. The molecule has 0 N–H and O–H groups in total. The van der Waals surface area contributed by atoms with E-state index in [1.54, 1.807) is 21.3 Å². The second kappa shape index (κ2) is 8.64. The van der Waals surface area contributed by atoms with Crippen LogP contribution in [0, 0.1) is 0 Å². The van der Waals surface area contributed by atoms with Crippen molar-refractivity contribution in [2.45, 2.75) is 50.1 Å². The van der Waals surface area contributed by atoms with Crippen molar-refractivity contribution in [1.29, 1.82) is 0 Å². The molecule has 0 saturated carbocycles. The summed E-state index contributed by atoms with van der Waals surface area (Å²) < 4.78 is 21.7. The third-order valence-electron chi connectivity index (χ3n) is 3.41. The first kappa shape index (κ1) is 15.6. The van der Waals surface area contributed by atoms with Crippen molar-refractivity contribution in [3.05, 3.63) is 12.7 Å². The quantitative estimate of drug-likeness (QED) is 0.421. The molecule has 4 atom stereocenters. The molecule has 0 unspecified atom stereocenters. The van der Waals surface area contributed by atoms with Gasteiger partial charge in [-0.15, -0.1) is 6.58 Å². The minimum atomic E-state index is 0.151. The Bertz CT molecular complexity index is 228. The second-order valence-electron chi connectivity index (χ2n) is 4.76. The van der Waals surface area contributed by atoms with Crippen LogP contribution < -0.4 is 0 Å². The van der Waals surface area contributed by atoms with Gasteiger partial charge in [0.1, 0.15) is 0 Å². The van der Waals surface area contributed by atoms with Gasteiger partial charge in [-0.1, -0.05) is 6.08 Å². The minimum absolute atomic E-state index is 0.151. The van der Waals surface area contributed by atoms with Crippen LogP contribution in [0.1, 0.15) is 25.7 Å². The monoisotopic (exact) mass is 258 g/mol. The lowest BCUT2D eigenvalue weighted by Crippen LogP contribution is -2.27. The van der Waals surface area contributed by atoms with Gasteiger partial charge in [-0.2, -0.15) is 0 Å². The molecule has 1 aliphatic heterocycles. The molecule has 0 bridgehead atoms. The number of ether oxygens (including phenoxy) is 4. The molecule has 18 heavy (non-hydrogen) atoms. The molecule has 0 aromatic rings.